The maximum absolute atomic E-state index is 12.3. The summed E-state index contributed by atoms with van der Waals surface area (Å²) in [7, 11) is 0. The number of amides is 2. The number of hydrogen-bond acceptors (Lipinski definition) is 4. The molecule has 0 aliphatic carbocycles. The van der Waals surface area contributed by atoms with E-state index in [4.69, 9.17) is 16.3 Å². The van der Waals surface area contributed by atoms with Gasteiger partial charge >= 0.3 is 0 Å². The number of hydrazone groups is 1. The Morgan fingerprint density at radius 3 is 2.42 bits per heavy atom. The third kappa shape index (κ3) is 6.93. The van der Waals surface area contributed by atoms with E-state index in [2.05, 4.69) is 31.8 Å². The highest BCUT2D eigenvalue weighted by atomic mass is 79.9. The Labute approximate surface area is 222 Å². The summed E-state index contributed by atoms with van der Waals surface area (Å²) in [5.74, 6) is -0.0354. The third-order valence-corrected chi connectivity index (χ3v) is 6.21. The van der Waals surface area contributed by atoms with Crippen molar-refractivity contribution < 1.29 is 14.3 Å². The van der Waals surface area contributed by atoms with E-state index >= 15 is 0 Å². The van der Waals surface area contributed by atoms with Crippen LogP contribution in [0.5, 0.6) is 5.75 Å². The number of carbonyl (C=O) groups excluding carboxylic acids is 2. The third-order valence-electron chi connectivity index (χ3n) is 5.35. The number of rotatable bonds is 9. The van der Waals surface area contributed by atoms with Gasteiger partial charge in [0.2, 0.25) is 11.8 Å². The fourth-order valence-electron chi connectivity index (χ4n) is 3.50. The summed E-state index contributed by atoms with van der Waals surface area (Å²) in [6.45, 7) is 0.388. The van der Waals surface area contributed by atoms with Gasteiger partial charge in [-0.15, -0.1) is 0 Å². The molecule has 2 N–H and O–H groups in total. The average Bonchev–Trinajstić information content (AvgIpc) is 2.89. The number of halogens is 2. The Morgan fingerprint density at radius 2 is 1.61 bits per heavy atom. The number of benzene rings is 4. The van der Waals surface area contributed by atoms with E-state index < -0.39 is 0 Å². The lowest BCUT2D eigenvalue weighted by molar-refractivity contribution is -0.124. The Bertz CT molecular complexity index is 1410. The molecule has 2 amide bonds. The van der Waals surface area contributed by atoms with Gasteiger partial charge in [0.25, 0.3) is 0 Å². The van der Waals surface area contributed by atoms with Crippen molar-refractivity contribution in [3.8, 4) is 5.75 Å². The Balaban J connectivity index is 1.39. The lowest BCUT2D eigenvalue weighted by Gasteiger charge is -2.12. The molecule has 0 fully saturated rings. The predicted octanol–water partition coefficient (Wildman–Crippen LogP) is 6.70. The second-order valence-corrected chi connectivity index (χ2v) is 9.26. The molecular weight excluding hydrogens is 542 g/mol. The van der Waals surface area contributed by atoms with Crippen molar-refractivity contribution in [2.24, 2.45) is 5.10 Å². The van der Waals surface area contributed by atoms with Gasteiger partial charge in [-0.05, 0) is 46.7 Å². The van der Waals surface area contributed by atoms with Crippen LogP contribution in [0.3, 0.4) is 0 Å². The van der Waals surface area contributed by atoms with Crippen LogP contribution in [0.2, 0.25) is 5.02 Å². The van der Waals surface area contributed by atoms with E-state index in [-0.39, 0.29) is 24.7 Å². The van der Waals surface area contributed by atoms with Gasteiger partial charge in [0.1, 0.15) is 12.4 Å². The average molecular weight is 565 g/mol. The van der Waals surface area contributed by atoms with Crippen molar-refractivity contribution in [1.29, 1.82) is 0 Å². The van der Waals surface area contributed by atoms with Gasteiger partial charge in [-0.1, -0.05) is 82.1 Å². The van der Waals surface area contributed by atoms with E-state index in [0.717, 1.165) is 26.4 Å². The van der Waals surface area contributed by atoms with E-state index in [0.29, 0.717) is 23.1 Å². The van der Waals surface area contributed by atoms with Crippen LogP contribution in [-0.2, 0) is 16.2 Å². The highest BCUT2D eigenvalue weighted by molar-refractivity contribution is 9.10. The zero-order chi connectivity index (χ0) is 25.3. The molecule has 0 heterocycles. The molecule has 0 saturated heterocycles. The SMILES string of the molecule is O=C(CCC(=O)Nc1ccccc1Cl)NN=Cc1c(OCc2ccc(Br)cc2)ccc2ccccc12. The summed E-state index contributed by atoms with van der Waals surface area (Å²) in [5, 5.41) is 9.24. The smallest absolute Gasteiger partial charge is 0.240 e. The minimum Gasteiger partial charge on any atom is -0.488 e. The van der Waals surface area contributed by atoms with Crippen molar-refractivity contribution in [2.45, 2.75) is 19.4 Å². The van der Waals surface area contributed by atoms with Crippen molar-refractivity contribution in [3.63, 3.8) is 0 Å². The second kappa shape index (κ2) is 12.3. The monoisotopic (exact) mass is 563 g/mol. The van der Waals surface area contributed by atoms with Gasteiger partial charge in [0.15, 0.2) is 0 Å². The molecule has 0 aromatic heterocycles. The first-order chi connectivity index (χ1) is 17.5. The molecule has 4 aromatic carbocycles. The number of fused-ring (bicyclic) bond motifs is 1. The minimum absolute atomic E-state index is 0.00238. The zero-order valence-corrected chi connectivity index (χ0v) is 21.6. The summed E-state index contributed by atoms with van der Waals surface area (Å²) in [4.78, 5) is 24.4. The number of nitrogens with zero attached hydrogens (tertiary/aromatic N) is 1. The van der Waals surface area contributed by atoms with Crippen molar-refractivity contribution in [1.82, 2.24) is 5.43 Å². The van der Waals surface area contributed by atoms with Crippen LogP contribution in [-0.4, -0.2) is 18.0 Å². The van der Waals surface area contributed by atoms with Crippen LogP contribution in [0.4, 0.5) is 5.69 Å². The van der Waals surface area contributed by atoms with Crippen LogP contribution in [0.15, 0.2) is 94.5 Å². The summed E-state index contributed by atoms with van der Waals surface area (Å²) in [6.07, 6.45) is 1.56. The Kier molecular flexibility index (Phi) is 8.71. The molecular formula is C28H23BrClN3O3. The van der Waals surface area contributed by atoms with Gasteiger partial charge in [0, 0.05) is 22.9 Å². The molecule has 0 saturated carbocycles. The first kappa shape index (κ1) is 25.4. The first-order valence-electron chi connectivity index (χ1n) is 11.2. The van der Waals surface area contributed by atoms with Gasteiger partial charge in [-0.25, -0.2) is 5.43 Å². The molecule has 0 aliphatic rings. The summed E-state index contributed by atoms with van der Waals surface area (Å²) < 4.78 is 7.09. The molecule has 4 aromatic rings. The first-order valence-corrected chi connectivity index (χ1v) is 12.4. The van der Waals surface area contributed by atoms with Crippen LogP contribution < -0.4 is 15.5 Å². The highest BCUT2D eigenvalue weighted by Gasteiger charge is 2.10. The molecule has 0 bridgehead atoms. The topological polar surface area (TPSA) is 79.8 Å². The molecule has 0 spiro atoms. The Morgan fingerprint density at radius 1 is 0.889 bits per heavy atom. The molecule has 0 atom stereocenters. The number of hydrogen-bond donors (Lipinski definition) is 2. The van der Waals surface area contributed by atoms with E-state index in [1.165, 1.54) is 0 Å². The molecule has 6 nitrogen and oxygen atoms in total. The van der Waals surface area contributed by atoms with E-state index in [1.54, 1.807) is 30.5 Å². The van der Waals surface area contributed by atoms with Crippen LogP contribution in [0.25, 0.3) is 10.8 Å². The quantitative estimate of drug-likeness (QED) is 0.175. The molecule has 0 aliphatic heterocycles. The maximum atomic E-state index is 12.3. The predicted molar refractivity (Wildman–Crippen MR) is 147 cm³/mol. The van der Waals surface area contributed by atoms with Crippen molar-refractivity contribution in [2.75, 3.05) is 5.32 Å². The van der Waals surface area contributed by atoms with E-state index in [9.17, 15) is 9.59 Å². The minimum atomic E-state index is -0.377. The largest absolute Gasteiger partial charge is 0.488 e. The van der Waals surface area contributed by atoms with Crippen molar-refractivity contribution >= 4 is 62.0 Å². The molecule has 182 valence electrons. The highest BCUT2D eigenvalue weighted by Crippen LogP contribution is 2.27. The second-order valence-electron chi connectivity index (χ2n) is 7.93. The lowest BCUT2D eigenvalue weighted by atomic mass is 10.0. The van der Waals surface area contributed by atoms with Crippen LogP contribution >= 0.6 is 27.5 Å². The standard InChI is InChI=1S/C28H23BrClN3O3/c29-21-12-9-19(10-13-21)18-36-26-14-11-20-5-1-2-6-22(20)23(26)17-31-33-28(35)16-15-27(34)32-25-8-4-3-7-24(25)30/h1-14,17H,15-16,18H2,(H,32,34)(H,33,35). The van der Waals surface area contributed by atoms with Crippen LogP contribution in [0.1, 0.15) is 24.0 Å². The normalized spacial score (nSPS) is 10.9. The molecule has 8 heteroatoms. The number of nitrogens with one attached hydrogen (secondary N) is 2. The Hall–Kier alpha value is -3.68. The summed E-state index contributed by atoms with van der Waals surface area (Å²) in [6, 6.07) is 26.6. The fourth-order valence-corrected chi connectivity index (χ4v) is 3.95. The molecule has 0 radical (unpaired) electrons. The maximum Gasteiger partial charge on any atom is 0.240 e. The van der Waals surface area contributed by atoms with Gasteiger partial charge < -0.3 is 10.1 Å². The number of ether oxygens (including phenoxy) is 1. The number of para-hydroxylation sites is 1. The fraction of sp³-hybridized carbons (Fsp3) is 0.107. The van der Waals surface area contributed by atoms with Gasteiger partial charge in [0.05, 0.1) is 16.9 Å². The summed E-state index contributed by atoms with van der Waals surface area (Å²) >= 11 is 9.49. The molecule has 0 unspecified atom stereocenters. The van der Waals surface area contributed by atoms with Crippen molar-refractivity contribution in [3.05, 3.63) is 106 Å². The van der Waals surface area contributed by atoms with Gasteiger partial charge in [-0.3, -0.25) is 9.59 Å². The number of carbonyl (C=O) groups is 2. The van der Waals surface area contributed by atoms with Crippen LogP contribution in [0, 0.1) is 0 Å². The molecule has 36 heavy (non-hydrogen) atoms. The lowest BCUT2D eigenvalue weighted by Crippen LogP contribution is -2.20. The van der Waals surface area contributed by atoms with E-state index in [1.807, 2.05) is 60.7 Å². The van der Waals surface area contributed by atoms with Gasteiger partial charge in [-0.2, -0.15) is 5.10 Å². The zero-order valence-electron chi connectivity index (χ0n) is 19.2. The number of anilines is 1. The summed E-state index contributed by atoms with van der Waals surface area (Å²) in [5.41, 5.74) is 4.78. The molecule has 4 rings (SSSR count).